The molecule has 1 saturated carbocycles. The van der Waals surface area contributed by atoms with Crippen LogP contribution in [0.25, 0.3) is 17.3 Å². The Kier molecular flexibility index (Phi) is 6.79. The van der Waals surface area contributed by atoms with Crippen molar-refractivity contribution >= 4 is 12.0 Å². The number of hydrogen-bond acceptors (Lipinski definition) is 6. The second-order valence-corrected chi connectivity index (χ2v) is 7.55. The molecular weight excluding hydrogens is 395 g/mol. The first kappa shape index (κ1) is 21.9. The van der Waals surface area contributed by atoms with Crippen LogP contribution in [0.4, 0.5) is 19.1 Å². The van der Waals surface area contributed by atoms with Gasteiger partial charge in [-0.25, -0.2) is 4.98 Å². The van der Waals surface area contributed by atoms with Crippen molar-refractivity contribution in [3.63, 3.8) is 0 Å². The molecule has 1 fully saturated rings. The predicted molar refractivity (Wildman–Crippen MR) is 110 cm³/mol. The van der Waals surface area contributed by atoms with E-state index in [1.807, 2.05) is 0 Å². The molecule has 1 heterocycles. The molecule has 9 heteroatoms. The van der Waals surface area contributed by atoms with Crippen molar-refractivity contribution in [1.29, 1.82) is 0 Å². The van der Waals surface area contributed by atoms with Gasteiger partial charge in [-0.1, -0.05) is 19.3 Å². The number of anilines is 1. The number of nitrogens with one attached hydrogen (secondary N) is 1. The van der Waals surface area contributed by atoms with E-state index in [0.29, 0.717) is 28.7 Å². The van der Waals surface area contributed by atoms with Gasteiger partial charge in [0.25, 0.3) is 0 Å². The molecule has 0 radical (unpaired) electrons. The average Bonchev–Trinajstić information content (AvgIpc) is 2.68. The van der Waals surface area contributed by atoms with E-state index in [-0.39, 0.29) is 17.3 Å². The van der Waals surface area contributed by atoms with Gasteiger partial charge in [-0.15, -0.1) is 10.2 Å². The summed E-state index contributed by atoms with van der Waals surface area (Å²) in [7, 11) is 1.41. The maximum absolute atomic E-state index is 13.2. The number of hydrogen-bond donors (Lipinski definition) is 2. The number of nitrogens with zero attached hydrogens (tertiary/aromatic N) is 3. The number of benzene rings is 1. The lowest BCUT2D eigenvalue weighted by molar-refractivity contribution is -0.127. The molecule has 30 heavy (non-hydrogen) atoms. The molecule has 1 aromatic carbocycles. The van der Waals surface area contributed by atoms with Crippen molar-refractivity contribution in [3.8, 4) is 17.0 Å². The van der Waals surface area contributed by atoms with Crippen molar-refractivity contribution in [3.05, 3.63) is 35.2 Å². The van der Waals surface area contributed by atoms with Crippen LogP contribution in [-0.4, -0.2) is 34.5 Å². The molecule has 6 nitrogen and oxygen atoms in total. The van der Waals surface area contributed by atoms with Crippen molar-refractivity contribution in [2.75, 3.05) is 12.4 Å². The maximum Gasteiger partial charge on any atom is 0.393 e. The van der Waals surface area contributed by atoms with Crippen LogP contribution < -0.4 is 15.8 Å². The van der Waals surface area contributed by atoms with E-state index in [1.165, 1.54) is 19.6 Å². The van der Waals surface area contributed by atoms with Gasteiger partial charge < -0.3 is 15.8 Å². The van der Waals surface area contributed by atoms with Crippen LogP contribution in [0.5, 0.6) is 5.75 Å². The van der Waals surface area contributed by atoms with Crippen LogP contribution in [0.15, 0.2) is 23.9 Å². The number of aromatic nitrogens is 3. The third kappa shape index (κ3) is 5.84. The first-order chi connectivity index (χ1) is 14.2. The van der Waals surface area contributed by atoms with Gasteiger partial charge in [0.2, 0.25) is 5.95 Å². The van der Waals surface area contributed by atoms with Crippen LogP contribution >= 0.6 is 0 Å². The molecule has 0 amide bonds. The standard InChI is InChI=1S/C21H26F3N5O/c1-13(25)10-18-19(28-29-20(27-18)26-15-6-4-3-5-7-15)17-9-8-16(30-2)11-14(17)12-21(22,23)24/h8-11,15H,3-7,12,25H2,1-2H3,(H,26,27,29). The van der Waals surface area contributed by atoms with Gasteiger partial charge >= 0.3 is 6.18 Å². The molecule has 3 rings (SSSR count). The van der Waals surface area contributed by atoms with Crippen molar-refractivity contribution in [2.45, 2.75) is 57.7 Å². The van der Waals surface area contributed by atoms with E-state index < -0.39 is 12.6 Å². The second kappa shape index (κ2) is 9.32. The fourth-order valence-electron chi connectivity index (χ4n) is 3.63. The Morgan fingerprint density at radius 2 is 1.97 bits per heavy atom. The van der Waals surface area contributed by atoms with Crippen molar-refractivity contribution < 1.29 is 17.9 Å². The molecule has 2 aromatic rings. The summed E-state index contributed by atoms with van der Waals surface area (Å²) in [5, 5.41) is 11.7. The monoisotopic (exact) mass is 421 g/mol. The highest BCUT2D eigenvalue weighted by atomic mass is 19.4. The molecular formula is C21H26F3N5O. The van der Waals surface area contributed by atoms with Crippen LogP contribution in [0.1, 0.15) is 50.3 Å². The SMILES string of the molecule is COc1ccc(-c2nnc(NC3CCCCC3)nc2C=C(C)N)c(CC(F)(F)F)c1. The zero-order chi connectivity index (χ0) is 21.7. The van der Waals surface area contributed by atoms with Gasteiger partial charge in [0.05, 0.1) is 19.2 Å². The van der Waals surface area contributed by atoms with Crippen LogP contribution in [0, 0.1) is 0 Å². The lowest BCUT2D eigenvalue weighted by atomic mass is 9.96. The first-order valence-corrected chi connectivity index (χ1v) is 9.94. The van der Waals surface area contributed by atoms with Gasteiger partial charge in [-0.05, 0) is 49.6 Å². The Morgan fingerprint density at radius 3 is 2.60 bits per heavy atom. The smallest absolute Gasteiger partial charge is 0.393 e. The van der Waals surface area contributed by atoms with Gasteiger partial charge in [0, 0.05) is 17.3 Å². The maximum atomic E-state index is 13.2. The summed E-state index contributed by atoms with van der Waals surface area (Å²) in [6.07, 6.45) is 1.65. The Bertz CT molecular complexity index is 904. The van der Waals surface area contributed by atoms with Crippen molar-refractivity contribution in [1.82, 2.24) is 15.2 Å². The third-order valence-corrected chi connectivity index (χ3v) is 4.97. The van der Waals surface area contributed by atoms with Gasteiger partial charge in [0.1, 0.15) is 11.4 Å². The second-order valence-electron chi connectivity index (χ2n) is 7.55. The number of allylic oxidation sites excluding steroid dienone is 1. The summed E-state index contributed by atoms with van der Waals surface area (Å²) in [4.78, 5) is 4.51. The number of methoxy groups -OCH3 is 1. The number of nitrogens with two attached hydrogens (primary N) is 1. The minimum atomic E-state index is -4.38. The molecule has 3 N–H and O–H groups in total. The van der Waals surface area contributed by atoms with E-state index >= 15 is 0 Å². The normalized spacial score (nSPS) is 15.8. The summed E-state index contributed by atoms with van der Waals surface area (Å²) in [6, 6.07) is 4.77. The molecule has 1 aliphatic rings. The Morgan fingerprint density at radius 1 is 1.23 bits per heavy atom. The molecule has 0 unspecified atom stereocenters. The average molecular weight is 421 g/mol. The molecule has 1 aromatic heterocycles. The molecule has 0 aliphatic heterocycles. The van der Waals surface area contributed by atoms with Crippen LogP contribution in [-0.2, 0) is 6.42 Å². The van der Waals surface area contributed by atoms with Crippen LogP contribution in [0.3, 0.4) is 0 Å². The quantitative estimate of drug-likeness (QED) is 0.702. The summed E-state index contributed by atoms with van der Waals surface area (Å²) in [5.41, 5.74) is 7.26. The molecule has 0 atom stereocenters. The number of rotatable bonds is 6. The molecule has 0 saturated heterocycles. The van der Waals surface area contributed by atoms with E-state index in [1.54, 1.807) is 25.1 Å². The van der Waals surface area contributed by atoms with E-state index in [9.17, 15) is 13.2 Å². The third-order valence-electron chi connectivity index (χ3n) is 4.97. The summed E-state index contributed by atoms with van der Waals surface area (Å²) in [5.74, 6) is 0.686. The molecule has 162 valence electrons. The highest BCUT2D eigenvalue weighted by Gasteiger charge is 2.30. The summed E-state index contributed by atoms with van der Waals surface area (Å²) in [6.45, 7) is 1.69. The molecule has 0 spiro atoms. The Labute approximate surface area is 173 Å². The molecule has 0 bridgehead atoms. The van der Waals surface area contributed by atoms with Gasteiger partial charge in [-0.3, -0.25) is 0 Å². The largest absolute Gasteiger partial charge is 0.497 e. The van der Waals surface area contributed by atoms with E-state index in [0.717, 1.165) is 25.7 Å². The lowest BCUT2D eigenvalue weighted by Crippen LogP contribution is -2.24. The van der Waals surface area contributed by atoms with E-state index in [2.05, 4.69) is 20.5 Å². The highest BCUT2D eigenvalue weighted by Crippen LogP contribution is 2.33. The number of halogens is 3. The fourth-order valence-corrected chi connectivity index (χ4v) is 3.63. The fraction of sp³-hybridized carbons (Fsp3) is 0.476. The number of alkyl halides is 3. The highest BCUT2D eigenvalue weighted by molar-refractivity contribution is 5.73. The van der Waals surface area contributed by atoms with Gasteiger partial charge in [0.15, 0.2) is 0 Å². The van der Waals surface area contributed by atoms with Crippen molar-refractivity contribution in [2.24, 2.45) is 5.73 Å². The zero-order valence-electron chi connectivity index (χ0n) is 17.1. The summed E-state index contributed by atoms with van der Waals surface area (Å²) < 4.78 is 44.6. The minimum Gasteiger partial charge on any atom is -0.497 e. The summed E-state index contributed by atoms with van der Waals surface area (Å²) >= 11 is 0. The lowest BCUT2D eigenvalue weighted by Gasteiger charge is -2.22. The number of ether oxygens (including phenoxy) is 1. The first-order valence-electron chi connectivity index (χ1n) is 9.94. The molecule has 1 aliphatic carbocycles. The Balaban J connectivity index is 2.02. The minimum absolute atomic E-state index is 0.0373. The van der Waals surface area contributed by atoms with Crippen LogP contribution in [0.2, 0.25) is 0 Å². The zero-order valence-corrected chi connectivity index (χ0v) is 17.1. The van der Waals surface area contributed by atoms with Gasteiger partial charge in [-0.2, -0.15) is 13.2 Å². The van der Waals surface area contributed by atoms with E-state index in [4.69, 9.17) is 10.5 Å². The Hall–Kier alpha value is -2.84. The predicted octanol–water partition coefficient (Wildman–Crippen LogP) is 4.72. The topological polar surface area (TPSA) is 86.0 Å².